The molecule has 208 valence electrons. The van der Waals surface area contributed by atoms with Crippen LogP contribution < -0.4 is 16.4 Å². The van der Waals surface area contributed by atoms with Crippen LogP contribution in [0.1, 0.15) is 29.7 Å². The summed E-state index contributed by atoms with van der Waals surface area (Å²) in [4.78, 5) is 31.5. The fourth-order valence-electron chi connectivity index (χ4n) is 5.33. The van der Waals surface area contributed by atoms with E-state index in [-0.39, 0.29) is 12.5 Å². The number of ether oxygens (including phenoxy) is 1. The summed E-state index contributed by atoms with van der Waals surface area (Å²) in [6.07, 6.45) is 7.02. The van der Waals surface area contributed by atoms with Gasteiger partial charge in [-0.3, -0.25) is 9.97 Å². The van der Waals surface area contributed by atoms with Crippen LogP contribution in [0.5, 0.6) is 0 Å². The number of anilines is 2. The zero-order valence-corrected chi connectivity index (χ0v) is 21.7. The normalized spacial score (nSPS) is 17.1. The van der Waals surface area contributed by atoms with E-state index in [2.05, 4.69) is 29.9 Å². The number of carbonyl (C=O) groups excluding carboxylic acids is 1. The fourth-order valence-corrected chi connectivity index (χ4v) is 5.33. The Kier molecular flexibility index (Phi) is 6.61. The van der Waals surface area contributed by atoms with E-state index in [1.807, 2.05) is 12.1 Å². The Hall–Kier alpha value is -5.20. The lowest BCUT2D eigenvalue weighted by atomic mass is 9.88. The summed E-state index contributed by atoms with van der Waals surface area (Å²) in [7, 11) is 0. The number of benzene rings is 1. The lowest BCUT2D eigenvalue weighted by molar-refractivity contribution is -0.00167. The molecule has 0 bridgehead atoms. The Morgan fingerprint density at radius 2 is 1.90 bits per heavy atom. The molecule has 4 N–H and O–H groups in total. The Bertz CT molecular complexity index is 1750. The van der Waals surface area contributed by atoms with Gasteiger partial charge in [-0.05, 0) is 54.8 Å². The Morgan fingerprint density at radius 3 is 2.68 bits per heavy atom. The van der Waals surface area contributed by atoms with Crippen molar-refractivity contribution in [1.29, 1.82) is 0 Å². The van der Waals surface area contributed by atoms with Gasteiger partial charge in [0.15, 0.2) is 22.9 Å². The van der Waals surface area contributed by atoms with E-state index in [1.54, 1.807) is 30.7 Å². The summed E-state index contributed by atoms with van der Waals surface area (Å²) in [5.41, 5.74) is 14.7. The zero-order chi connectivity index (χ0) is 28.6. The van der Waals surface area contributed by atoms with E-state index in [9.17, 15) is 13.6 Å². The Labute approximate surface area is 232 Å². The highest BCUT2D eigenvalue weighted by Gasteiger charge is 2.42. The van der Waals surface area contributed by atoms with E-state index in [0.29, 0.717) is 48.4 Å². The van der Waals surface area contributed by atoms with Crippen molar-refractivity contribution in [2.45, 2.75) is 24.9 Å². The second-order valence-electron chi connectivity index (χ2n) is 9.80. The molecule has 1 saturated heterocycles. The summed E-state index contributed by atoms with van der Waals surface area (Å²) in [5, 5.41) is 4.32. The Morgan fingerprint density at radius 1 is 1.02 bits per heavy atom. The second-order valence-corrected chi connectivity index (χ2v) is 9.80. The maximum absolute atomic E-state index is 14.1. The highest BCUT2D eigenvalue weighted by molar-refractivity contribution is 5.68. The smallest absolute Gasteiger partial charge is 0.405 e. The van der Waals surface area contributed by atoms with Crippen LogP contribution >= 0.6 is 0 Å². The largest absolute Gasteiger partial charge is 0.435 e. The molecular weight excluding hydrogens is 532 g/mol. The van der Waals surface area contributed by atoms with Gasteiger partial charge in [-0.1, -0.05) is 6.07 Å². The molecular formula is C28H25F2N9O2. The highest BCUT2D eigenvalue weighted by atomic mass is 19.2. The van der Waals surface area contributed by atoms with Gasteiger partial charge in [0.25, 0.3) is 0 Å². The third kappa shape index (κ3) is 4.97. The second kappa shape index (κ2) is 10.4. The van der Waals surface area contributed by atoms with E-state index in [0.717, 1.165) is 28.9 Å². The van der Waals surface area contributed by atoms with Crippen molar-refractivity contribution < 1.29 is 18.3 Å². The lowest BCUT2D eigenvalue weighted by Crippen LogP contribution is -2.50. The van der Waals surface area contributed by atoms with Gasteiger partial charge >= 0.3 is 6.09 Å². The van der Waals surface area contributed by atoms with Gasteiger partial charge in [-0.15, -0.1) is 0 Å². The van der Waals surface area contributed by atoms with Crippen molar-refractivity contribution in [3.8, 4) is 11.3 Å². The minimum absolute atomic E-state index is 0.193. The number of hydrogen-bond acceptors (Lipinski definition) is 9. The summed E-state index contributed by atoms with van der Waals surface area (Å²) in [5.74, 6) is -1.72. The number of nitrogen functional groups attached to an aromatic ring is 1. The fraction of sp³-hybridized carbons (Fsp3) is 0.214. The molecule has 0 radical (unpaired) electrons. The molecule has 6 rings (SSSR count). The summed E-state index contributed by atoms with van der Waals surface area (Å²) in [6, 6.07) is 10.9. The van der Waals surface area contributed by atoms with Crippen molar-refractivity contribution in [1.82, 2.24) is 29.5 Å². The summed E-state index contributed by atoms with van der Waals surface area (Å²) >= 11 is 0. The summed E-state index contributed by atoms with van der Waals surface area (Å²) < 4.78 is 34.9. The number of rotatable bonds is 6. The van der Waals surface area contributed by atoms with Crippen LogP contribution in [0.3, 0.4) is 0 Å². The van der Waals surface area contributed by atoms with E-state index >= 15 is 0 Å². The maximum Gasteiger partial charge on any atom is 0.405 e. The zero-order valence-electron chi connectivity index (χ0n) is 21.7. The van der Waals surface area contributed by atoms with Crippen LogP contribution in [0.4, 0.5) is 25.2 Å². The van der Waals surface area contributed by atoms with Crippen LogP contribution in [-0.2, 0) is 16.8 Å². The monoisotopic (exact) mass is 557 g/mol. The number of primary amides is 1. The molecule has 1 fully saturated rings. The number of halogens is 2. The van der Waals surface area contributed by atoms with Gasteiger partial charge in [0, 0.05) is 30.3 Å². The predicted octanol–water partition coefficient (Wildman–Crippen LogP) is 3.62. The first-order chi connectivity index (χ1) is 19.8. The van der Waals surface area contributed by atoms with Gasteiger partial charge < -0.3 is 21.1 Å². The molecule has 4 aromatic heterocycles. The quantitative estimate of drug-likeness (QED) is 0.319. The molecule has 5 heterocycles. The average Bonchev–Trinajstić information content (AvgIpc) is 3.38. The van der Waals surface area contributed by atoms with Crippen molar-refractivity contribution >= 4 is 23.4 Å². The minimum atomic E-state index is -1.08. The molecule has 1 unspecified atom stereocenters. The van der Waals surface area contributed by atoms with Gasteiger partial charge in [-0.2, -0.15) is 9.61 Å². The van der Waals surface area contributed by atoms with Gasteiger partial charge in [-0.25, -0.2) is 23.5 Å². The number of hydrogen-bond donors (Lipinski definition) is 2. The van der Waals surface area contributed by atoms with Gasteiger partial charge in [0.05, 0.1) is 36.0 Å². The number of piperidine rings is 1. The SMILES string of the molecule is NC(=O)OC1(c2ccccn2)CCCN(c2cnc(-c3ccc(F)c(F)c3)cc2Cc2cnn3c(N)ncnc23)C1. The van der Waals surface area contributed by atoms with Crippen molar-refractivity contribution in [2.24, 2.45) is 5.73 Å². The van der Waals surface area contributed by atoms with Crippen LogP contribution in [0, 0.1) is 11.6 Å². The summed E-state index contributed by atoms with van der Waals surface area (Å²) in [6.45, 7) is 0.913. The lowest BCUT2D eigenvalue weighted by Gasteiger charge is -2.42. The molecule has 13 heteroatoms. The molecule has 11 nitrogen and oxygen atoms in total. The van der Waals surface area contributed by atoms with Crippen LogP contribution in [0.15, 0.2) is 67.4 Å². The molecule has 1 aromatic carbocycles. The van der Waals surface area contributed by atoms with Crippen LogP contribution in [-0.4, -0.2) is 48.7 Å². The maximum atomic E-state index is 14.1. The number of aromatic nitrogens is 6. The van der Waals surface area contributed by atoms with Gasteiger partial charge in [0.2, 0.25) is 5.95 Å². The number of fused-ring (bicyclic) bond motifs is 1. The number of carbonyl (C=O) groups is 1. The first-order valence-corrected chi connectivity index (χ1v) is 12.9. The molecule has 41 heavy (non-hydrogen) atoms. The topological polar surface area (TPSA) is 150 Å². The van der Waals surface area contributed by atoms with E-state index in [4.69, 9.17) is 16.2 Å². The number of amides is 1. The first kappa shape index (κ1) is 26.0. The molecule has 0 spiro atoms. The third-order valence-electron chi connectivity index (χ3n) is 7.19. The van der Waals surface area contributed by atoms with Crippen LogP contribution in [0.2, 0.25) is 0 Å². The van der Waals surface area contributed by atoms with Gasteiger partial charge in [0.1, 0.15) is 6.33 Å². The van der Waals surface area contributed by atoms with E-state index < -0.39 is 23.3 Å². The minimum Gasteiger partial charge on any atom is -0.435 e. The van der Waals surface area contributed by atoms with Crippen molar-refractivity contribution in [3.05, 3.63) is 95.8 Å². The number of nitrogens with zero attached hydrogens (tertiary/aromatic N) is 7. The van der Waals surface area contributed by atoms with Crippen molar-refractivity contribution in [2.75, 3.05) is 23.7 Å². The predicted molar refractivity (Wildman–Crippen MR) is 146 cm³/mol. The Balaban J connectivity index is 1.44. The average molecular weight is 558 g/mol. The highest BCUT2D eigenvalue weighted by Crippen LogP contribution is 2.38. The molecule has 5 aromatic rings. The molecule has 1 amide bonds. The number of nitrogens with two attached hydrogens (primary N) is 2. The molecule has 0 aliphatic carbocycles. The molecule has 1 aliphatic rings. The first-order valence-electron chi connectivity index (χ1n) is 12.9. The van der Waals surface area contributed by atoms with E-state index in [1.165, 1.54) is 16.9 Å². The van der Waals surface area contributed by atoms with Crippen molar-refractivity contribution in [3.63, 3.8) is 0 Å². The molecule has 1 atom stereocenters. The number of pyridine rings is 2. The van der Waals surface area contributed by atoms with Crippen LogP contribution in [0.25, 0.3) is 16.9 Å². The third-order valence-corrected chi connectivity index (χ3v) is 7.19. The molecule has 1 aliphatic heterocycles. The molecule has 0 saturated carbocycles. The standard InChI is InChI=1S/C28H25F2N9O2/c29-20-6-5-17(11-21(20)30)22-12-18(10-19-13-37-39-25(19)35-16-36-26(39)31)23(14-34-22)38-9-3-7-28(15-38,41-27(32)40)24-4-1-2-8-33-24/h1-2,4-6,8,11-14,16H,3,7,9-10,15H2,(H2,32,40)(H2,31,35,36).